The molecule has 0 spiro atoms. The molecule has 4 N–H and O–H groups in total. The summed E-state index contributed by atoms with van der Waals surface area (Å²) >= 11 is 0. The van der Waals surface area contributed by atoms with Gasteiger partial charge in [-0.15, -0.1) is 0 Å². The van der Waals surface area contributed by atoms with Gasteiger partial charge in [-0.25, -0.2) is 9.78 Å². The summed E-state index contributed by atoms with van der Waals surface area (Å²) < 4.78 is 5.71. The molecule has 0 atom stereocenters. The molecule has 0 aliphatic carbocycles. The van der Waals surface area contributed by atoms with Crippen LogP contribution in [0.15, 0.2) is 54.6 Å². The number of fused-ring (bicyclic) bond motifs is 1. The summed E-state index contributed by atoms with van der Waals surface area (Å²) in [6, 6.07) is 16.1. The highest BCUT2D eigenvalue weighted by Gasteiger charge is 2.18. The number of aromatic carboxylic acids is 1. The zero-order valence-electron chi connectivity index (χ0n) is 16.0. The van der Waals surface area contributed by atoms with Crippen molar-refractivity contribution in [2.75, 3.05) is 5.73 Å². The van der Waals surface area contributed by atoms with Gasteiger partial charge in [-0.2, -0.15) is 5.10 Å². The monoisotopic (exact) mass is 388 g/mol. The number of hydrogen-bond acceptors (Lipinski definition) is 5. The van der Waals surface area contributed by atoms with Gasteiger partial charge >= 0.3 is 5.97 Å². The van der Waals surface area contributed by atoms with Gasteiger partial charge in [0.25, 0.3) is 0 Å². The summed E-state index contributed by atoms with van der Waals surface area (Å²) in [5.74, 6) is 0.0824. The lowest BCUT2D eigenvalue weighted by Gasteiger charge is -2.12. The Morgan fingerprint density at radius 2 is 1.86 bits per heavy atom. The van der Waals surface area contributed by atoms with E-state index in [9.17, 15) is 9.90 Å². The van der Waals surface area contributed by atoms with E-state index in [2.05, 4.69) is 10.2 Å². The summed E-state index contributed by atoms with van der Waals surface area (Å²) in [6.45, 7) is 3.93. The normalized spacial score (nSPS) is 11.1. The van der Waals surface area contributed by atoms with Gasteiger partial charge in [-0.3, -0.25) is 5.10 Å². The van der Waals surface area contributed by atoms with Crippen LogP contribution in [0.25, 0.3) is 33.4 Å². The number of aromatic nitrogens is 3. The Kier molecular flexibility index (Phi) is 4.64. The Morgan fingerprint density at radius 1 is 1.14 bits per heavy atom. The zero-order valence-corrected chi connectivity index (χ0v) is 16.0. The fourth-order valence-corrected chi connectivity index (χ4v) is 3.27. The quantitative estimate of drug-likeness (QED) is 0.468. The molecule has 4 aromatic rings. The highest BCUT2D eigenvalue weighted by molar-refractivity contribution is 6.03. The Morgan fingerprint density at radius 3 is 2.55 bits per heavy atom. The molecule has 2 aromatic heterocycles. The molecule has 0 bridgehead atoms. The minimum atomic E-state index is -1.01. The van der Waals surface area contributed by atoms with Crippen LogP contribution in [0.1, 0.15) is 24.2 Å². The van der Waals surface area contributed by atoms with Crippen molar-refractivity contribution in [2.24, 2.45) is 0 Å². The van der Waals surface area contributed by atoms with Gasteiger partial charge in [0.15, 0.2) is 5.82 Å². The van der Waals surface area contributed by atoms with Gasteiger partial charge in [0, 0.05) is 11.1 Å². The van der Waals surface area contributed by atoms with Crippen molar-refractivity contribution in [2.45, 2.75) is 20.0 Å². The molecule has 0 saturated heterocycles. The maximum atomic E-state index is 11.7. The number of anilines is 1. The smallest absolute Gasteiger partial charge is 0.336 e. The van der Waals surface area contributed by atoms with Gasteiger partial charge in [0.05, 0.1) is 34.0 Å². The van der Waals surface area contributed by atoms with Gasteiger partial charge in [0.2, 0.25) is 0 Å². The van der Waals surface area contributed by atoms with Crippen LogP contribution < -0.4 is 10.5 Å². The van der Waals surface area contributed by atoms with E-state index < -0.39 is 5.97 Å². The Hall–Kier alpha value is -3.87. The van der Waals surface area contributed by atoms with E-state index in [4.69, 9.17) is 15.5 Å². The minimum Gasteiger partial charge on any atom is -0.491 e. The summed E-state index contributed by atoms with van der Waals surface area (Å²) in [7, 11) is 0. The largest absolute Gasteiger partial charge is 0.491 e. The SMILES string of the molecule is CC(C)Oc1ccc(-c2nc(-c3ccccc3C(=O)O)cc3[nH]nc(N)c23)cc1. The van der Waals surface area contributed by atoms with Gasteiger partial charge in [-0.1, -0.05) is 18.2 Å². The first-order valence-corrected chi connectivity index (χ1v) is 9.18. The Labute approximate surface area is 167 Å². The van der Waals surface area contributed by atoms with Crippen molar-refractivity contribution in [3.05, 3.63) is 60.2 Å². The topological polar surface area (TPSA) is 114 Å². The van der Waals surface area contributed by atoms with Gasteiger partial charge in [0.1, 0.15) is 5.75 Å². The molecule has 0 unspecified atom stereocenters. The lowest BCUT2D eigenvalue weighted by atomic mass is 10.0. The van der Waals surface area contributed by atoms with Gasteiger partial charge in [-0.05, 0) is 50.2 Å². The molecular weight excluding hydrogens is 368 g/mol. The molecule has 0 aliphatic rings. The molecule has 0 fully saturated rings. The van der Waals surface area contributed by atoms with Crippen LogP contribution in [0.4, 0.5) is 5.82 Å². The number of carboxylic acid groups (broad SMARTS) is 1. The zero-order chi connectivity index (χ0) is 20.5. The van der Waals surface area contributed by atoms with Crippen molar-refractivity contribution in [1.82, 2.24) is 15.2 Å². The van der Waals surface area contributed by atoms with E-state index >= 15 is 0 Å². The van der Waals surface area contributed by atoms with E-state index in [1.165, 1.54) is 0 Å². The first kappa shape index (κ1) is 18.5. The Balaban J connectivity index is 1.90. The molecule has 0 aliphatic heterocycles. The van der Waals surface area contributed by atoms with E-state index in [1.807, 2.05) is 38.1 Å². The fourth-order valence-electron chi connectivity index (χ4n) is 3.27. The molecule has 7 heteroatoms. The number of nitrogens with two attached hydrogens (primary N) is 1. The lowest BCUT2D eigenvalue weighted by Crippen LogP contribution is -2.05. The van der Waals surface area contributed by atoms with Crippen LogP contribution in [0, 0.1) is 0 Å². The van der Waals surface area contributed by atoms with Crippen molar-refractivity contribution >= 4 is 22.7 Å². The number of rotatable bonds is 5. The average Bonchev–Trinajstić information content (AvgIpc) is 3.08. The number of carboxylic acids is 1. The molecule has 4 rings (SSSR count). The second kappa shape index (κ2) is 7.27. The number of carbonyl (C=O) groups is 1. The number of nitrogens with zero attached hydrogens (tertiary/aromatic N) is 2. The molecule has 7 nitrogen and oxygen atoms in total. The predicted molar refractivity (Wildman–Crippen MR) is 112 cm³/mol. The molecule has 0 amide bonds. The summed E-state index contributed by atoms with van der Waals surface area (Å²) in [6.07, 6.45) is 0.0750. The molecule has 2 aromatic carbocycles. The lowest BCUT2D eigenvalue weighted by molar-refractivity contribution is 0.0697. The van der Waals surface area contributed by atoms with Crippen LogP contribution in [-0.4, -0.2) is 32.4 Å². The second-order valence-corrected chi connectivity index (χ2v) is 6.93. The highest BCUT2D eigenvalue weighted by Crippen LogP contribution is 2.34. The first-order chi connectivity index (χ1) is 13.9. The van der Waals surface area contributed by atoms with E-state index in [0.29, 0.717) is 33.7 Å². The van der Waals surface area contributed by atoms with Crippen LogP contribution >= 0.6 is 0 Å². The van der Waals surface area contributed by atoms with Crippen molar-refractivity contribution in [1.29, 1.82) is 0 Å². The van der Waals surface area contributed by atoms with E-state index in [1.54, 1.807) is 30.3 Å². The van der Waals surface area contributed by atoms with Crippen LogP contribution in [0.3, 0.4) is 0 Å². The molecule has 29 heavy (non-hydrogen) atoms. The summed E-state index contributed by atoms with van der Waals surface area (Å²) in [5.41, 5.74) is 9.44. The molecule has 2 heterocycles. The number of pyridine rings is 1. The number of hydrogen-bond donors (Lipinski definition) is 3. The second-order valence-electron chi connectivity index (χ2n) is 6.93. The van der Waals surface area contributed by atoms with Crippen LogP contribution in [0.2, 0.25) is 0 Å². The van der Waals surface area contributed by atoms with E-state index in [0.717, 1.165) is 11.3 Å². The summed E-state index contributed by atoms with van der Waals surface area (Å²) in [4.78, 5) is 16.4. The standard InChI is InChI=1S/C22H20N4O3/c1-12(2)29-14-9-7-13(8-10-14)20-19-18(25-26-21(19)23)11-17(24-20)15-5-3-4-6-16(15)22(27)28/h3-12H,1-2H3,(H,27,28)(H3,23,25,26). The molecule has 0 saturated carbocycles. The average molecular weight is 388 g/mol. The van der Waals surface area contributed by atoms with E-state index in [-0.39, 0.29) is 11.7 Å². The third-order valence-corrected chi connectivity index (χ3v) is 4.51. The number of nitrogen functional groups attached to an aromatic ring is 1. The third-order valence-electron chi connectivity index (χ3n) is 4.51. The number of nitrogens with one attached hydrogen (secondary N) is 1. The Bertz CT molecular complexity index is 1200. The molecule has 146 valence electrons. The fraction of sp³-hybridized carbons (Fsp3) is 0.136. The van der Waals surface area contributed by atoms with Crippen LogP contribution in [-0.2, 0) is 0 Å². The predicted octanol–water partition coefficient (Wildman–Crippen LogP) is 4.36. The maximum absolute atomic E-state index is 11.7. The first-order valence-electron chi connectivity index (χ1n) is 9.18. The maximum Gasteiger partial charge on any atom is 0.336 e. The van der Waals surface area contributed by atoms with Crippen LogP contribution in [0.5, 0.6) is 5.75 Å². The van der Waals surface area contributed by atoms with Crippen molar-refractivity contribution in [3.63, 3.8) is 0 Å². The number of aromatic amines is 1. The molecular formula is C22H20N4O3. The molecule has 0 radical (unpaired) electrons. The van der Waals surface area contributed by atoms with Crippen molar-refractivity contribution in [3.8, 4) is 28.3 Å². The number of benzene rings is 2. The third kappa shape index (κ3) is 3.50. The number of H-pyrrole nitrogens is 1. The van der Waals surface area contributed by atoms with Crippen molar-refractivity contribution < 1.29 is 14.6 Å². The minimum absolute atomic E-state index is 0.0750. The number of ether oxygens (including phenoxy) is 1. The summed E-state index contributed by atoms with van der Waals surface area (Å²) in [5, 5.41) is 17.3. The highest BCUT2D eigenvalue weighted by atomic mass is 16.5. The van der Waals surface area contributed by atoms with Gasteiger partial charge < -0.3 is 15.6 Å².